The Labute approximate surface area is 160 Å². The fourth-order valence-corrected chi connectivity index (χ4v) is 3.05. The summed E-state index contributed by atoms with van der Waals surface area (Å²) in [7, 11) is 5.42. The molecule has 8 heteroatoms. The number of hydrogen-bond donors (Lipinski definition) is 2. The van der Waals surface area contributed by atoms with Crippen LogP contribution in [0.15, 0.2) is 18.2 Å². The molecule has 0 spiro atoms. The second-order valence-corrected chi connectivity index (χ2v) is 8.10. The molecule has 1 aromatic carbocycles. The van der Waals surface area contributed by atoms with E-state index in [-0.39, 0.29) is 17.6 Å². The normalized spacial score (nSPS) is 16.6. The van der Waals surface area contributed by atoms with Crippen molar-refractivity contribution in [1.82, 2.24) is 4.90 Å². The molecule has 0 amide bonds. The molecule has 0 aliphatic carbocycles. The van der Waals surface area contributed by atoms with E-state index in [4.69, 9.17) is 12.6 Å². The van der Waals surface area contributed by atoms with E-state index in [0.717, 1.165) is 6.07 Å². The maximum Gasteiger partial charge on any atom is 0.416 e. The largest absolute Gasteiger partial charge is 0.416 e. The second kappa shape index (κ2) is 9.41. The first kappa shape index (κ1) is 24.0. The Bertz CT molecular complexity index is 577. The molecule has 1 aromatic rings. The highest BCUT2D eigenvalue weighted by molar-refractivity contribution is 6.32. The third kappa shape index (κ3) is 10.1. The summed E-state index contributed by atoms with van der Waals surface area (Å²) >= 11 is 0. The van der Waals surface area contributed by atoms with Gasteiger partial charge in [-0.3, -0.25) is 4.90 Å². The fourth-order valence-electron chi connectivity index (χ4n) is 3.05. The molecule has 0 unspecified atom stereocenters. The average Bonchev–Trinajstić information content (AvgIpc) is 2.46. The van der Waals surface area contributed by atoms with Crippen LogP contribution in [0.4, 0.5) is 13.2 Å². The van der Waals surface area contributed by atoms with Crippen LogP contribution in [-0.2, 0) is 17.5 Å². The predicted octanol–water partition coefficient (Wildman–Crippen LogP) is 2.25. The highest BCUT2D eigenvalue weighted by Crippen LogP contribution is 2.32. The molecular formula is C19H29BF3NO3. The van der Waals surface area contributed by atoms with Gasteiger partial charge in [-0.2, -0.15) is 13.2 Å². The molecule has 2 N–H and O–H groups in total. The maximum atomic E-state index is 12.9. The monoisotopic (exact) mass is 387 g/mol. The van der Waals surface area contributed by atoms with Crippen LogP contribution in [0.25, 0.3) is 0 Å². The Morgan fingerprint density at radius 3 is 1.96 bits per heavy atom. The van der Waals surface area contributed by atoms with Gasteiger partial charge in [0.25, 0.3) is 0 Å². The molecule has 0 atom stereocenters. The number of morpholine rings is 1. The third-order valence-electron chi connectivity index (χ3n) is 3.80. The van der Waals surface area contributed by atoms with Crippen molar-refractivity contribution in [1.29, 1.82) is 0 Å². The second-order valence-electron chi connectivity index (χ2n) is 8.10. The number of nitrogens with zero attached hydrogens (tertiary/aromatic N) is 1. The molecule has 27 heavy (non-hydrogen) atoms. The Hall–Kier alpha value is -1.09. The molecular weight excluding hydrogens is 358 g/mol. The lowest BCUT2D eigenvalue weighted by Crippen LogP contribution is -2.36. The van der Waals surface area contributed by atoms with E-state index in [1.807, 2.05) is 4.90 Å². The van der Waals surface area contributed by atoms with Crippen molar-refractivity contribution < 1.29 is 28.1 Å². The van der Waals surface area contributed by atoms with Gasteiger partial charge in [-0.05, 0) is 33.3 Å². The Balaban J connectivity index is 0.000000345. The number of halogens is 3. The van der Waals surface area contributed by atoms with E-state index in [1.165, 1.54) is 12.1 Å². The number of rotatable bonds is 4. The van der Waals surface area contributed by atoms with E-state index in [1.54, 1.807) is 27.7 Å². The number of ether oxygens (including phenoxy) is 1. The third-order valence-corrected chi connectivity index (χ3v) is 3.80. The van der Waals surface area contributed by atoms with Crippen LogP contribution >= 0.6 is 0 Å². The molecule has 4 nitrogen and oxygen atoms in total. The van der Waals surface area contributed by atoms with Crippen molar-refractivity contribution in [2.75, 3.05) is 26.3 Å². The molecule has 1 heterocycles. The van der Waals surface area contributed by atoms with E-state index < -0.39 is 22.9 Å². The first-order chi connectivity index (χ1) is 12.2. The molecule has 1 saturated heterocycles. The Morgan fingerprint density at radius 2 is 1.56 bits per heavy atom. The number of alkyl halides is 3. The minimum absolute atomic E-state index is 0.132. The van der Waals surface area contributed by atoms with Crippen LogP contribution in [0.1, 0.15) is 45.2 Å². The van der Waals surface area contributed by atoms with Crippen molar-refractivity contribution in [2.45, 2.75) is 58.0 Å². The van der Waals surface area contributed by atoms with E-state index >= 15 is 0 Å². The predicted molar refractivity (Wildman–Crippen MR) is 100 cm³/mol. The van der Waals surface area contributed by atoms with Crippen molar-refractivity contribution >= 4 is 13.3 Å². The van der Waals surface area contributed by atoms with Gasteiger partial charge in [-0.25, -0.2) is 0 Å². The van der Waals surface area contributed by atoms with Crippen molar-refractivity contribution in [3.05, 3.63) is 29.3 Å². The van der Waals surface area contributed by atoms with Gasteiger partial charge in [-0.15, -0.1) is 0 Å². The quantitative estimate of drug-likeness (QED) is 0.779. The van der Waals surface area contributed by atoms with Gasteiger partial charge < -0.3 is 14.9 Å². The van der Waals surface area contributed by atoms with E-state index in [0.29, 0.717) is 32.7 Å². The van der Waals surface area contributed by atoms with Gasteiger partial charge in [0.2, 0.25) is 0 Å². The minimum atomic E-state index is -4.36. The van der Waals surface area contributed by atoms with E-state index in [2.05, 4.69) is 0 Å². The van der Waals surface area contributed by atoms with Gasteiger partial charge in [0.15, 0.2) is 0 Å². The van der Waals surface area contributed by atoms with Gasteiger partial charge in [0.1, 0.15) is 7.85 Å². The lowest BCUT2D eigenvalue weighted by atomic mass is 9.91. The zero-order valence-corrected chi connectivity index (χ0v) is 16.4. The van der Waals surface area contributed by atoms with Gasteiger partial charge in [0.05, 0.1) is 30.0 Å². The zero-order chi connectivity index (χ0) is 20.9. The molecule has 0 aromatic heterocycles. The Morgan fingerprint density at radius 1 is 1.04 bits per heavy atom. The first-order valence-electron chi connectivity index (χ1n) is 8.88. The molecule has 2 rings (SSSR count). The smallest absolute Gasteiger partial charge is 0.390 e. The summed E-state index contributed by atoms with van der Waals surface area (Å²) in [5.41, 5.74) is -1.78. The van der Waals surface area contributed by atoms with Crippen LogP contribution in [0, 0.1) is 0 Å². The summed E-state index contributed by atoms with van der Waals surface area (Å²) in [5.74, 6) is 0. The lowest BCUT2D eigenvalue weighted by Gasteiger charge is -2.27. The summed E-state index contributed by atoms with van der Waals surface area (Å²) < 4.78 is 43.8. The molecule has 1 aliphatic rings. The topological polar surface area (TPSA) is 52.9 Å². The van der Waals surface area contributed by atoms with Crippen LogP contribution in [0.3, 0.4) is 0 Å². The molecule has 0 bridgehead atoms. The van der Waals surface area contributed by atoms with Crippen LogP contribution in [0.2, 0.25) is 0 Å². The zero-order valence-electron chi connectivity index (χ0n) is 16.4. The average molecular weight is 387 g/mol. The molecule has 1 fully saturated rings. The molecule has 152 valence electrons. The fraction of sp³-hybridized carbons (Fsp3) is 0.684. The lowest BCUT2D eigenvalue weighted by molar-refractivity contribution is -0.138. The Kier molecular flexibility index (Phi) is 8.35. The standard InChI is InChI=1S/C12H13BF3NO.C7H16O2/c13-10-2-1-9(11(7-10)12(14,15)16)8-17-3-5-18-6-4-17;1-6(2,8)5-7(3,4)9/h1-2,7H,3-6,8H2;8-9H,5H2,1-4H3. The van der Waals surface area contributed by atoms with Gasteiger partial charge in [0, 0.05) is 26.1 Å². The van der Waals surface area contributed by atoms with E-state index in [9.17, 15) is 23.4 Å². The van der Waals surface area contributed by atoms with Crippen molar-refractivity contribution in [3.63, 3.8) is 0 Å². The number of hydrogen-bond acceptors (Lipinski definition) is 4. The van der Waals surface area contributed by atoms with Crippen molar-refractivity contribution in [2.24, 2.45) is 0 Å². The SMILES string of the molecule is CC(C)(O)CC(C)(C)O.[B]c1ccc(CN2CCOCC2)c(C(F)(F)F)c1. The van der Waals surface area contributed by atoms with Crippen molar-refractivity contribution in [3.8, 4) is 0 Å². The first-order valence-corrected chi connectivity index (χ1v) is 8.88. The van der Waals surface area contributed by atoms with Crippen LogP contribution in [-0.4, -0.2) is 60.5 Å². The summed E-state index contributed by atoms with van der Waals surface area (Å²) in [5, 5.41) is 18.4. The molecule has 0 saturated carbocycles. The summed E-state index contributed by atoms with van der Waals surface area (Å²) in [6, 6.07) is 3.95. The van der Waals surface area contributed by atoms with Crippen LogP contribution in [0.5, 0.6) is 0 Å². The minimum Gasteiger partial charge on any atom is -0.390 e. The summed E-state index contributed by atoms with van der Waals surface area (Å²) in [4.78, 5) is 1.95. The van der Waals surface area contributed by atoms with Gasteiger partial charge >= 0.3 is 6.18 Å². The number of benzene rings is 1. The maximum absolute atomic E-state index is 12.9. The highest BCUT2D eigenvalue weighted by Gasteiger charge is 2.33. The van der Waals surface area contributed by atoms with Crippen LogP contribution < -0.4 is 5.46 Å². The van der Waals surface area contributed by atoms with Gasteiger partial charge in [-0.1, -0.05) is 23.7 Å². The highest BCUT2D eigenvalue weighted by atomic mass is 19.4. The molecule has 1 aliphatic heterocycles. The molecule has 2 radical (unpaired) electrons. The number of aliphatic hydroxyl groups is 2. The summed E-state index contributed by atoms with van der Waals surface area (Å²) in [6.07, 6.45) is -3.96. The summed E-state index contributed by atoms with van der Waals surface area (Å²) in [6.45, 7) is 9.46.